The number of ether oxygens (including phenoxy) is 1. The van der Waals surface area contributed by atoms with E-state index in [4.69, 9.17) is 4.74 Å². The molecule has 1 atom stereocenters. The van der Waals surface area contributed by atoms with Gasteiger partial charge >= 0.3 is 0 Å². The van der Waals surface area contributed by atoms with Gasteiger partial charge in [-0.2, -0.15) is 0 Å². The lowest BCUT2D eigenvalue weighted by Gasteiger charge is -2.36. The molecular formula is C17H37N3O. The van der Waals surface area contributed by atoms with E-state index in [0.29, 0.717) is 11.5 Å². The zero-order chi connectivity index (χ0) is 15.9. The number of hydrogen-bond acceptors (Lipinski definition) is 4. The fourth-order valence-electron chi connectivity index (χ4n) is 2.94. The van der Waals surface area contributed by atoms with Crippen molar-refractivity contribution in [3.63, 3.8) is 0 Å². The van der Waals surface area contributed by atoms with Crippen molar-refractivity contribution in [2.45, 2.75) is 40.7 Å². The van der Waals surface area contributed by atoms with E-state index in [-0.39, 0.29) is 0 Å². The molecule has 0 spiro atoms. The number of likely N-dealkylation sites (N-methyl/N-ethyl adjacent to an activating group) is 1. The van der Waals surface area contributed by atoms with Crippen LogP contribution < -0.4 is 5.32 Å². The van der Waals surface area contributed by atoms with Gasteiger partial charge in [-0.15, -0.1) is 0 Å². The summed E-state index contributed by atoms with van der Waals surface area (Å²) in [5, 5.41) is 3.53. The molecule has 0 saturated carbocycles. The molecule has 1 N–H and O–H groups in total. The first kappa shape index (κ1) is 18.9. The summed E-state index contributed by atoms with van der Waals surface area (Å²) in [6, 6.07) is 0. The molecule has 4 nitrogen and oxygen atoms in total. The Kier molecular flexibility index (Phi) is 8.17. The predicted molar refractivity (Wildman–Crippen MR) is 90.8 cm³/mol. The van der Waals surface area contributed by atoms with Crippen LogP contribution in [0.1, 0.15) is 34.6 Å². The highest BCUT2D eigenvalue weighted by Crippen LogP contribution is 2.15. The molecule has 0 aromatic carbocycles. The average molecular weight is 300 g/mol. The molecule has 1 heterocycles. The van der Waals surface area contributed by atoms with Gasteiger partial charge in [0.25, 0.3) is 0 Å². The van der Waals surface area contributed by atoms with Crippen molar-refractivity contribution in [1.82, 2.24) is 15.1 Å². The van der Waals surface area contributed by atoms with Crippen LogP contribution in [0.2, 0.25) is 0 Å². The second-order valence-corrected chi connectivity index (χ2v) is 8.15. The zero-order valence-electron chi connectivity index (χ0n) is 15.1. The normalized spacial score (nSPS) is 21.4. The van der Waals surface area contributed by atoms with Crippen LogP contribution in [0, 0.1) is 11.3 Å². The van der Waals surface area contributed by atoms with Crippen molar-refractivity contribution >= 4 is 0 Å². The molecule has 0 aromatic rings. The third-order valence-corrected chi connectivity index (χ3v) is 3.64. The Morgan fingerprint density at radius 3 is 2.67 bits per heavy atom. The quantitative estimate of drug-likeness (QED) is 0.693. The lowest BCUT2D eigenvalue weighted by atomic mass is 9.96. The Labute approximate surface area is 132 Å². The third-order valence-electron chi connectivity index (χ3n) is 3.64. The van der Waals surface area contributed by atoms with Crippen molar-refractivity contribution in [2.24, 2.45) is 11.3 Å². The van der Waals surface area contributed by atoms with E-state index in [1.165, 1.54) is 0 Å². The molecule has 126 valence electrons. The summed E-state index contributed by atoms with van der Waals surface area (Å²) in [6.07, 6.45) is 0.358. The van der Waals surface area contributed by atoms with Gasteiger partial charge in [0, 0.05) is 39.3 Å². The topological polar surface area (TPSA) is 27.7 Å². The summed E-state index contributed by atoms with van der Waals surface area (Å²) in [4.78, 5) is 4.94. The average Bonchev–Trinajstić information content (AvgIpc) is 2.32. The summed E-state index contributed by atoms with van der Waals surface area (Å²) in [5.41, 5.74) is 0.351. The molecule has 1 fully saturated rings. The van der Waals surface area contributed by atoms with Gasteiger partial charge in [0.1, 0.15) is 0 Å². The first-order valence-corrected chi connectivity index (χ1v) is 8.49. The van der Waals surface area contributed by atoms with Crippen LogP contribution in [0.25, 0.3) is 0 Å². The molecule has 0 amide bonds. The van der Waals surface area contributed by atoms with Gasteiger partial charge < -0.3 is 15.0 Å². The maximum absolute atomic E-state index is 5.93. The predicted octanol–water partition coefficient (Wildman–Crippen LogP) is 1.91. The van der Waals surface area contributed by atoms with Crippen LogP contribution in [0.4, 0.5) is 0 Å². The highest BCUT2D eigenvalue weighted by Gasteiger charge is 2.23. The summed E-state index contributed by atoms with van der Waals surface area (Å²) in [7, 11) is 2.21. The fraction of sp³-hybridized carbons (Fsp3) is 1.00. The lowest BCUT2D eigenvalue weighted by Crippen LogP contribution is -2.49. The largest absolute Gasteiger partial charge is 0.374 e. The van der Waals surface area contributed by atoms with E-state index in [2.05, 4.69) is 56.8 Å². The molecule has 4 heteroatoms. The van der Waals surface area contributed by atoms with Gasteiger partial charge in [0.2, 0.25) is 0 Å². The highest BCUT2D eigenvalue weighted by atomic mass is 16.5. The third kappa shape index (κ3) is 9.46. The van der Waals surface area contributed by atoms with Gasteiger partial charge in [-0.1, -0.05) is 34.6 Å². The summed E-state index contributed by atoms with van der Waals surface area (Å²) in [6.45, 7) is 19.9. The molecule has 0 bridgehead atoms. The highest BCUT2D eigenvalue weighted by molar-refractivity contribution is 4.76. The molecule has 0 unspecified atom stereocenters. The number of hydrogen-bond donors (Lipinski definition) is 1. The molecule has 1 aliphatic heterocycles. The monoisotopic (exact) mass is 299 g/mol. The number of nitrogens with one attached hydrogen (secondary N) is 1. The van der Waals surface area contributed by atoms with Crippen molar-refractivity contribution in [3.05, 3.63) is 0 Å². The lowest BCUT2D eigenvalue weighted by molar-refractivity contribution is -0.0425. The first-order chi connectivity index (χ1) is 9.76. The SMILES string of the molecule is CC(C)CNCCN1CCO[C@@H](CN(C)CC(C)(C)C)C1. The minimum absolute atomic E-state index is 0.351. The van der Waals surface area contributed by atoms with Gasteiger partial charge in [-0.05, 0) is 24.9 Å². The number of morpholine rings is 1. The van der Waals surface area contributed by atoms with Crippen molar-refractivity contribution < 1.29 is 4.74 Å². The Bertz CT molecular complexity index is 276. The molecule has 0 aliphatic carbocycles. The molecule has 0 radical (unpaired) electrons. The maximum atomic E-state index is 5.93. The smallest absolute Gasteiger partial charge is 0.0829 e. The standard InChI is InChI=1S/C17H37N3O/c1-15(2)11-18-7-8-20-9-10-21-16(13-20)12-19(6)14-17(3,4)5/h15-16,18H,7-14H2,1-6H3/t16-/m0/s1. The Morgan fingerprint density at radius 1 is 1.33 bits per heavy atom. The van der Waals surface area contributed by atoms with Crippen molar-refractivity contribution in [2.75, 3.05) is 59.5 Å². The number of nitrogens with zero attached hydrogens (tertiary/aromatic N) is 2. The van der Waals surface area contributed by atoms with Crippen LogP contribution in [-0.2, 0) is 4.74 Å². The molecule has 1 rings (SSSR count). The van der Waals surface area contributed by atoms with Crippen LogP contribution >= 0.6 is 0 Å². The zero-order valence-corrected chi connectivity index (χ0v) is 15.1. The minimum Gasteiger partial charge on any atom is -0.374 e. The molecule has 1 saturated heterocycles. The molecule has 1 aliphatic rings. The summed E-state index contributed by atoms with van der Waals surface area (Å²) < 4.78 is 5.93. The summed E-state index contributed by atoms with van der Waals surface area (Å²) in [5.74, 6) is 0.730. The van der Waals surface area contributed by atoms with E-state index in [1.807, 2.05) is 0 Å². The van der Waals surface area contributed by atoms with E-state index >= 15 is 0 Å². The van der Waals surface area contributed by atoms with Gasteiger partial charge in [-0.25, -0.2) is 0 Å². The van der Waals surface area contributed by atoms with Crippen LogP contribution in [0.15, 0.2) is 0 Å². The second kappa shape index (κ2) is 9.09. The first-order valence-electron chi connectivity index (χ1n) is 8.49. The van der Waals surface area contributed by atoms with Crippen LogP contribution in [-0.4, -0.2) is 75.4 Å². The fourth-order valence-corrected chi connectivity index (χ4v) is 2.94. The van der Waals surface area contributed by atoms with Gasteiger partial charge in [0.05, 0.1) is 12.7 Å². The second-order valence-electron chi connectivity index (χ2n) is 8.15. The van der Waals surface area contributed by atoms with Crippen molar-refractivity contribution in [1.29, 1.82) is 0 Å². The van der Waals surface area contributed by atoms with E-state index < -0.39 is 0 Å². The Hall–Kier alpha value is -0.160. The van der Waals surface area contributed by atoms with Crippen molar-refractivity contribution in [3.8, 4) is 0 Å². The van der Waals surface area contributed by atoms with Gasteiger partial charge in [0.15, 0.2) is 0 Å². The van der Waals surface area contributed by atoms with Gasteiger partial charge in [-0.3, -0.25) is 4.90 Å². The molecule has 21 heavy (non-hydrogen) atoms. The molecule has 0 aromatic heterocycles. The summed E-state index contributed by atoms with van der Waals surface area (Å²) >= 11 is 0. The van der Waals surface area contributed by atoms with E-state index in [1.54, 1.807) is 0 Å². The van der Waals surface area contributed by atoms with E-state index in [9.17, 15) is 0 Å². The van der Waals surface area contributed by atoms with Crippen LogP contribution in [0.3, 0.4) is 0 Å². The van der Waals surface area contributed by atoms with Crippen LogP contribution in [0.5, 0.6) is 0 Å². The van der Waals surface area contributed by atoms with E-state index in [0.717, 1.165) is 58.3 Å². The number of rotatable bonds is 8. The minimum atomic E-state index is 0.351. The maximum Gasteiger partial charge on any atom is 0.0829 e. The molecular weight excluding hydrogens is 262 g/mol. The Morgan fingerprint density at radius 2 is 2.05 bits per heavy atom. The Balaban J connectivity index is 2.22.